The zero-order valence-corrected chi connectivity index (χ0v) is 11.8. The van der Waals surface area contributed by atoms with Crippen LogP contribution >= 0.6 is 0 Å². The normalized spacial score (nSPS) is 30.2. The zero-order chi connectivity index (χ0) is 12.3. The fraction of sp³-hybridized carbons (Fsp3) is 1.00. The predicted molar refractivity (Wildman–Crippen MR) is 73.4 cm³/mol. The van der Waals surface area contributed by atoms with Gasteiger partial charge in [0.05, 0.1) is 0 Å². The highest BCUT2D eigenvalue weighted by Crippen LogP contribution is 2.23. The summed E-state index contributed by atoms with van der Waals surface area (Å²) in [4.78, 5) is 5.38. The summed E-state index contributed by atoms with van der Waals surface area (Å²) in [5.74, 6) is 0. The first-order valence-corrected chi connectivity index (χ1v) is 7.44. The van der Waals surface area contributed by atoms with Crippen molar-refractivity contribution < 1.29 is 0 Å². The van der Waals surface area contributed by atoms with Crippen LogP contribution in [0.15, 0.2) is 0 Å². The molecule has 0 bridgehead atoms. The molecule has 2 aliphatic heterocycles. The second-order valence-corrected chi connectivity index (χ2v) is 5.81. The van der Waals surface area contributed by atoms with E-state index in [4.69, 9.17) is 0 Å². The van der Waals surface area contributed by atoms with Gasteiger partial charge in [-0.25, -0.2) is 0 Å². The van der Waals surface area contributed by atoms with Crippen LogP contribution in [-0.4, -0.2) is 60.6 Å². The second-order valence-electron chi connectivity index (χ2n) is 5.81. The van der Waals surface area contributed by atoms with Crippen LogP contribution in [0, 0.1) is 0 Å². The van der Waals surface area contributed by atoms with Gasteiger partial charge >= 0.3 is 0 Å². The Morgan fingerprint density at radius 1 is 1.24 bits per heavy atom. The summed E-state index contributed by atoms with van der Waals surface area (Å²) in [5, 5.41) is 3.63. The first-order valence-electron chi connectivity index (χ1n) is 7.44. The summed E-state index contributed by atoms with van der Waals surface area (Å²) in [6.07, 6.45) is 4.06. The molecule has 2 aliphatic rings. The molecule has 3 atom stereocenters. The molecular formula is C14H29N3. The largest absolute Gasteiger partial charge is 0.313 e. The van der Waals surface area contributed by atoms with Crippen molar-refractivity contribution in [3.8, 4) is 0 Å². The predicted octanol–water partition coefficient (Wildman–Crippen LogP) is 1.54. The number of nitrogens with one attached hydrogen (secondary N) is 1. The van der Waals surface area contributed by atoms with Gasteiger partial charge in [-0.1, -0.05) is 6.92 Å². The molecule has 100 valence electrons. The lowest BCUT2D eigenvalue weighted by Crippen LogP contribution is -2.57. The summed E-state index contributed by atoms with van der Waals surface area (Å²) in [5.41, 5.74) is 0. The Balaban J connectivity index is 1.81. The Hall–Kier alpha value is -0.120. The Labute approximate surface area is 107 Å². The lowest BCUT2D eigenvalue weighted by atomic mass is 10.1. The van der Waals surface area contributed by atoms with Crippen molar-refractivity contribution in [2.75, 3.05) is 32.7 Å². The van der Waals surface area contributed by atoms with Crippen LogP contribution in [0.4, 0.5) is 0 Å². The summed E-state index contributed by atoms with van der Waals surface area (Å²) < 4.78 is 0. The van der Waals surface area contributed by atoms with Gasteiger partial charge in [-0.05, 0) is 46.2 Å². The molecule has 2 rings (SSSR count). The summed E-state index contributed by atoms with van der Waals surface area (Å²) in [6.45, 7) is 13.3. The smallest absolute Gasteiger partial charge is 0.0224 e. The fourth-order valence-corrected chi connectivity index (χ4v) is 3.24. The van der Waals surface area contributed by atoms with Gasteiger partial charge in [0.15, 0.2) is 0 Å². The van der Waals surface area contributed by atoms with Crippen molar-refractivity contribution in [2.45, 2.75) is 58.2 Å². The lowest BCUT2D eigenvalue weighted by Gasteiger charge is -2.42. The first kappa shape index (κ1) is 13.3. The van der Waals surface area contributed by atoms with Crippen molar-refractivity contribution in [3.05, 3.63) is 0 Å². The van der Waals surface area contributed by atoms with E-state index in [1.165, 1.54) is 45.4 Å². The second kappa shape index (κ2) is 6.17. The SMILES string of the molecule is CCCNC(C)C(C)N1CCN2CCCC2C1. The molecule has 0 radical (unpaired) electrons. The Bertz CT molecular complexity index is 232. The van der Waals surface area contributed by atoms with Gasteiger partial charge in [-0.2, -0.15) is 0 Å². The molecule has 0 saturated carbocycles. The highest BCUT2D eigenvalue weighted by Gasteiger charge is 2.33. The maximum atomic E-state index is 3.63. The molecule has 3 unspecified atom stereocenters. The minimum Gasteiger partial charge on any atom is -0.313 e. The van der Waals surface area contributed by atoms with Gasteiger partial charge in [0, 0.05) is 37.8 Å². The average Bonchev–Trinajstić information content (AvgIpc) is 2.81. The standard InChI is InChI=1S/C14H29N3/c1-4-7-15-12(2)13(3)17-10-9-16-8-5-6-14(16)11-17/h12-15H,4-11H2,1-3H3. The monoisotopic (exact) mass is 239 g/mol. The Kier molecular flexibility index (Phi) is 4.83. The molecule has 2 fully saturated rings. The van der Waals surface area contributed by atoms with E-state index in [-0.39, 0.29) is 0 Å². The minimum atomic E-state index is 0.614. The van der Waals surface area contributed by atoms with E-state index in [0.29, 0.717) is 12.1 Å². The van der Waals surface area contributed by atoms with Gasteiger partial charge in [-0.3, -0.25) is 9.80 Å². The molecule has 1 N–H and O–H groups in total. The molecule has 0 aliphatic carbocycles. The van der Waals surface area contributed by atoms with Crippen molar-refractivity contribution in [1.29, 1.82) is 0 Å². The number of piperazine rings is 1. The first-order chi connectivity index (χ1) is 8.22. The summed E-state index contributed by atoms with van der Waals surface area (Å²) in [7, 11) is 0. The molecule has 17 heavy (non-hydrogen) atoms. The van der Waals surface area contributed by atoms with E-state index in [2.05, 4.69) is 35.9 Å². The Morgan fingerprint density at radius 2 is 2.06 bits per heavy atom. The van der Waals surface area contributed by atoms with E-state index in [1.54, 1.807) is 0 Å². The molecular weight excluding hydrogens is 210 g/mol. The van der Waals surface area contributed by atoms with Crippen LogP contribution in [0.2, 0.25) is 0 Å². The molecule has 0 spiro atoms. The van der Waals surface area contributed by atoms with Gasteiger partial charge in [-0.15, -0.1) is 0 Å². The number of hydrogen-bond acceptors (Lipinski definition) is 3. The van der Waals surface area contributed by atoms with Gasteiger partial charge in [0.2, 0.25) is 0 Å². The molecule has 2 saturated heterocycles. The molecule has 3 heteroatoms. The molecule has 0 aromatic rings. The van der Waals surface area contributed by atoms with Gasteiger partial charge in [0.25, 0.3) is 0 Å². The number of hydrogen-bond donors (Lipinski definition) is 1. The maximum absolute atomic E-state index is 3.63. The Morgan fingerprint density at radius 3 is 2.82 bits per heavy atom. The highest BCUT2D eigenvalue weighted by atomic mass is 15.3. The van der Waals surface area contributed by atoms with Crippen LogP contribution in [0.1, 0.15) is 40.0 Å². The minimum absolute atomic E-state index is 0.614. The van der Waals surface area contributed by atoms with Crippen LogP contribution in [-0.2, 0) is 0 Å². The third-order valence-corrected chi connectivity index (χ3v) is 4.63. The molecule has 0 aromatic carbocycles. The topological polar surface area (TPSA) is 18.5 Å². The molecule has 3 nitrogen and oxygen atoms in total. The van der Waals surface area contributed by atoms with Crippen LogP contribution in [0.3, 0.4) is 0 Å². The maximum Gasteiger partial charge on any atom is 0.0224 e. The van der Waals surface area contributed by atoms with Crippen LogP contribution < -0.4 is 5.32 Å². The third-order valence-electron chi connectivity index (χ3n) is 4.63. The average molecular weight is 239 g/mol. The summed E-state index contributed by atoms with van der Waals surface area (Å²) in [6, 6.07) is 2.14. The number of nitrogens with zero attached hydrogens (tertiary/aromatic N) is 2. The van der Waals surface area contributed by atoms with Crippen molar-refractivity contribution in [1.82, 2.24) is 15.1 Å². The van der Waals surface area contributed by atoms with Crippen molar-refractivity contribution >= 4 is 0 Å². The summed E-state index contributed by atoms with van der Waals surface area (Å²) >= 11 is 0. The molecule has 0 amide bonds. The quantitative estimate of drug-likeness (QED) is 0.785. The van der Waals surface area contributed by atoms with Crippen molar-refractivity contribution in [3.63, 3.8) is 0 Å². The van der Waals surface area contributed by atoms with E-state index in [0.717, 1.165) is 12.6 Å². The number of fused-ring (bicyclic) bond motifs is 1. The van der Waals surface area contributed by atoms with Crippen molar-refractivity contribution in [2.24, 2.45) is 0 Å². The number of rotatable bonds is 5. The van der Waals surface area contributed by atoms with E-state index >= 15 is 0 Å². The van der Waals surface area contributed by atoms with Crippen LogP contribution in [0.25, 0.3) is 0 Å². The highest BCUT2D eigenvalue weighted by molar-refractivity contribution is 4.90. The zero-order valence-electron chi connectivity index (χ0n) is 11.8. The van der Waals surface area contributed by atoms with E-state index in [9.17, 15) is 0 Å². The van der Waals surface area contributed by atoms with Gasteiger partial charge < -0.3 is 5.32 Å². The molecule has 0 aromatic heterocycles. The van der Waals surface area contributed by atoms with E-state index in [1.807, 2.05) is 0 Å². The van der Waals surface area contributed by atoms with E-state index < -0.39 is 0 Å². The lowest BCUT2D eigenvalue weighted by molar-refractivity contribution is 0.0656. The van der Waals surface area contributed by atoms with Gasteiger partial charge in [0.1, 0.15) is 0 Å². The fourth-order valence-electron chi connectivity index (χ4n) is 3.24. The van der Waals surface area contributed by atoms with Crippen LogP contribution in [0.5, 0.6) is 0 Å². The molecule has 2 heterocycles. The third kappa shape index (κ3) is 3.21.